The Morgan fingerprint density at radius 2 is 1.89 bits per heavy atom. The molecule has 0 unspecified atom stereocenters. The van der Waals surface area contributed by atoms with Gasteiger partial charge in [-0.1, -0.05) is 17.7 Å². The predicted octanol–water partition coefficient (Wildman–Crippen LogP) is 2.92. The van der Waals surface area contributed by atoms with Gasteiger partial charge < -0.3 is 10.2 Å². The molecule has 3 heteroatoms. The highest BCUT2D eigenvalue weighted by molar-refractivity contribution is 7.99. The lowest BCUT2D eigenvalue weighted by Crippen LogP contribution is -2.30. The van der Waals surface area contributed by atoms with Crippen LogP contribution in [0.15, 0.2) is 24.3 Å². The maximum atomic E-state index is 3.42. The summed E-state index contributed by atoms with van der Waals surface area (Å²) in [5, 5.41) is 4.29. The monoisotopic (exact) mass is 264 g/mol. The topological polar surface area (TPSA) is 15.3 Å². The first-order valence-electron chi connectivity index (χ1n) is 6.86. The number of piperidine rings is 1. The molecule has 1 saturated heterocycles. The molecular weight excluding hydrogens is 240 g/mol. The van der Waals surface area contributed by atoms with Gasteiger partial charge in [-0.15, -0.1) is 0 Å². The number of nitrogens with one attached hydrogen (secondary N) is 1. The lowest BCUT2D eigenvalue weighted by atomic mass is 10.2. The van der Waals surface area contributed by atoms with Crippen LogP contribution in [0.3, 0.4) is 0 Å². The second kappa shape index (κ2) is 7.05. The third kappa shape index (κ3) is 4.21. The Bertz CT molecular complexity index is 344. The Balaban J connectivity index is 1.70. The van der Waals surface area contributed by atoms with Crippen molar-refractivity contribution >= 4 is 17.4 Å². The molecule has 2 nitrogen and oxygen atoms in total. The zero-order valence-corrected chi connectivity index (χ0v) is 12.3. The summed E-state index contributed by atoms with van der Waals surface area (Å²) >= 11 is 2.14. The van der Waals surface area contributed by atoms with Crippen LogP contribution in [0.1, 0.15) is 18.4 Å². The van der Waals surface area contributed by atoms with E-state index in [2.05, 4.69) is 60.2 Å². The van der Waals surface area contributed by atoms with Crippen LogP contribution in [0.5, 0.6) is 0 Å². The first-order chi connectivity index (χ1) is 8.75. The Morgan fingerprint density at radius 1 is 1.22 bits per heavy atom. The third-order valence-electron chi connectivity index (χ3n) is 3.54. The van der Waals surface area contributed by atoms with Crippen molar-refractivity contribution in [1.29, 1.82) is 0 Å². The summed E-state index contributed by atoms with van der Waals surface area (Å²) in [5.41, 5.74) is 2.66. The summed E-state index contributed by atoms with van der Waals surface area (Å²) in [6.45, 7) is 5.67. The van der Waals surface area contributed by atoms with Crippen molar-refractivity contribution in [3.05, 3.63) is 29.8 Å². The Hall–Kier alpha value is -0.670. The van der Waals surface area contributed by atoms with Crippen LogP contribution in [0.2, 0.25) is 0 Å². The summed E-state index contributed by atoms with van der Waals surface area (Å²) in [5.74, 6) is 1.23. The van der Waals surface area contributed by atoms with Gasteiger partial charge in [0.05, 0.1) is 0 Å². The van der Waals surface area contributed by atoms with E-state index in [1.165, 1.54) is 42.9 Å². The van der Waals surface area contributed by atoms with E-state index in [0.717, 1.165) is 11.8 Å². The van der Waals surface area contributed by atoms with Gasteiger partial charge >= 0.3 is 0 Å². The molecule has 0 aliphatic carbocycles. The fourth-order valence-electron chi connectivity index (χ4n) is 2.25. The van der Waals surface area contributed by atoms with E-state index in [1.54, 1.807) is 0 Å². The van der Waals surface area contributed by atoms with Gasteiger partial charge in [0.25, 0.3) is 0 Å². The van der Waals surface area contributed by atoms with Gasteiger partial charge in [-0.05, 0) is 45.0 Å². The fraction of sp³-hybridized carbons (Fsp3) is 0.600. The molecule has 2 rings (SSSR count). The number of nitrogens with zero attached hydrogens (tertiary/aromatic N) is 1. The smallest absolute Gasteiger partial charge is 0.0364 e. The molecule has 0 atom stereocenters. The number of aryl methyl sites for hydroxylation is 1. The molecule has 0 bridgehead atoms. The van der Waals surface area contributed by atoms with Crippen LogP contribution in [0.4, 0.5) is 5.69 Å². The molecule has 1 aromatic carbocycles. The highest BCUT2D eigenvalue weighted by Crippen LogP contribution is 2.21. The van der Waals surface area contributed by atoms with Gasteiger partial charge in [0.15, 0.2) is 0 Å². The zero-order chi connectivity index (χ0) is 12.8. The van der Waals surface area contributed by atoms with Crippen LogP contribution in [-0.4, -0.2) is 37.7 Å². The minimum Gasteiger partial charge on any atom is -0.374 e. The third-order valence-corrected chi connectivity index (χ3v) is 4.90. The van der Waals surface area contributed by atoms with Crippen LogP contribution in [0.25, 0.3) is 0 Å². The summed E-state index contributed by atoms with van der Waals surface area (Å²) in [6, 6.07) is 8.80. The van der Waals surface area contributed by atoms with Gasteiger partial charge in [0.2, 0.25) is 0 Å². The predicted molar refractivity (Wildman–Crippen MR) is 82.8 cm³/mol. The highest BCUT2D eigenvalue weighted by Gasteiger charge is 2.13. The largest absolute Gasteiger partial charge is 0.374 e. The fourth-order valence-corrected chi connectivity index (χ4v) is 3.53. The van der Waals surface area contributed by atoms with Crippen LogP contribution < -0.4 is 10.2 Å². The molecule has 0 spiro atoms. The van der Waals surface area contributed by atoms with E-state index in [0.29, 0.717) is 0 Å². The average Bonchev–Trinajstić information content (AvgIpc) is 2.40. The molecule has 100 valence electrons. The minimum absolute atomic E-state index is 0.873. The number of rotatable bonds is 5. The molecule has 1 aromatic rings. The standard InChI is InChI=1S/C15H24N2S/c1-13-3-5-14(6-4-13)17(2)11-12-18-15-7-9-16-10-8-15/h3-6,15-16H,7-12H2,1-2H3. The number of thioether (sulfide) groups is 1. The van der Waals surface area contributed by atoms with Gasteiger partial charge in [0.1, 0.15) is 0 Å². The quantitative estimate of drug-likeness (QED) is 0.880. The van der Waals surface area contributed by atoms with Crippen LogP contribution >= 0.6 is 11.8 Å². The van der Waals surface area contributed by atoms with Crippen molar-refractivity contribution in [2.75, 3.05) is 37.3 Å². The van der Waals surface area contributed by atoms with Crippen LogP contribution in [0, 0.1) is 6.92 Å². The van der Waals surface area contributed by atoms with Gasteiger partial charge in [-0.2, -0.15) is 11.8 Å². The summed E-state index contributed by atoms with van der Waals surface area (Å²) in [6.07, 6.45) is 2.66. The van der Waals surface area contributed by atoms with E-state index in [9.17, 15) is 0 Å². The van der Waals surface area contributed by atoms with Crippen molar-refractivity contribution in [1.82, 2.24) is 5.32 Å². The molecule has 18 heavy (non-hydrogen) atoms. The Morgan fingerprint density at radius 3 is 2.56 bits per heavy atom. The molecule has 1 aliphatic heterocycles. The van der Waals surface area contributed by atoms with E-state index in [1.807, 2.05) is 0 Å². The maximum absolute atomic E-state index is 3.42. The molecule has 0 amide bonds. The van der Waals surface area contributed by atoms with Gasteiger partial charge in [0, 0.05) is 30.3 Å². The number of hydrogen-bond acceptors (Lipinski definition) is 3. The van der Waals surface area contributed by atoms with Gasteiger partial charge in [-0.3, -0.25) is 0 Å². The van der Waals surface area contributed by atoms with Crippen LogP contribution in [-0.2, 0) is 0 Å². The normalized spacial score (nSPS) is 16.8. The Labute approximate surface area is 115 Å². The lowest BCUT2D eigenvalue weighted by molar-refractivity contribution is 0.531. The number of hydrogen-bond donors (Lipinski definition) is 1. The van der Waals surface area contributed by atoms with E-state index < -0.39 is 0 Å². The highest BCUT2D eigenvalue weighted by atomic mass is 32.2. The summed E-state index contributed by atoms with van der Waals surface area (Å²) in [7, 11) is 2.19. The van der Waals surface area contributed by atoms with Crippen molar-refractivity contribution in [2.24, 2.45) is 0 Å². The van der Waals surface area contributed by atoms with E-state index in [4.69, 9.17) is 0 Å². The number of benzene rings is 1. The maximum Gasteiger partial charge on any atom is 0.0364 e. The number of anilines is 1. The second-order valence-electron chi connectivity index (χ2n) is 5.08. The molecule has 0 aromatic heterocycles. The molecule has 0 saturated carbocycles. The van der Waals surface area contributed by atoms with Crippen molar-refractivity contribution in [3.63, 3.8) is 0 Å². The molecule has 0 radical (unpaired) electrons. The van der Waals surface area contributed by atoms with E-state index >= 15 is 0 Å². The molecule has 1 fully saturated rings. The summed E-state index contributed by atoms with van der Waals surface area (Å²) in [4.78, 5) is 2.35. The Kier molecular flexibility index (Phi) is 5.39. The minimum atomic E-state index is 0.873. The SMILES string of the molecule is Cc1ccc(N(C)CCSC2CCNCC2)cc1. The van der Waals surface area contributed by atoms with E-state index in [-0.39, 0.29) is 0 Å². The summed E-state index contributed by atoms with van der Waals surface area (Å²) < 4.78 is 0. The van der Waals surface area contributed by atoms with Gasteiger partial charge in [-0.25, -0.2) is 0 Å². The van der Waals surface area contributed by atoms with Crippen molar-refractivity contribution in [3.8, 4) is 0 Å². The molecular formula is C15H24N2S. The first kappa shape index (κ1) is 13.8. The zero-order valence-electron chi connectivity index (χ0n) is 11.5. The van der Waals surface area contributed by atoms with Crippen molar-refractivity contribution < 1.29 is 0 Å². The first-order valence-corrected chi connectivity index (χ1v) is 7.91. The lowest BCUT2D eigenvalue weighted by Gasteiger charge is -2.24. The molecule has 1 N–H and O–H groups in total. The second-order valence-corrected chi connectivity index (χ2v) is 6.49. The molecule has 1 heterocycles. The molecule has 1 aliphatic rings. The average molecular weight is 264 g/mol. The van der Waals surface area contributed by atoms with Crippen molar-refractivity contribution in [2.45, 2.75) is 25.0 Å².